The van der Waals surface area contributed by atoms with E-state index < -0.39 is 10.0 Å². The minimum Gasteiger partial charge on any atom is -0.279 e. The minimum atomic E-state index is -3.66. The van der Waals surface area contributed by atoms with E-state index in [1.165, 1.54) is 22.7 Å². The van der Waals surface area contributed by atoms with Crippen LogP contribution in [0.3, 0.4) is 0 Å². The molecule has 4 nitrogen and oxygen atoms in total. The summed E-state index contributed by atoms with van der Waals surface area (Å²) in [5.74, 6) is 0.347. The number of aromatic nitrogens is 1. The molecule has 0 fully saturated rings. The van der Waals surface area contributed by atoms with Crippen LogP contribution in [-0.2, 0) is 10.0 Å². The summed E-state index contributed by atoms with van der Waals surface area (Å²) in [6.45, 7) is 5.95. The van der Waals surface area contributed by atoms with Crippen molar-refractivity contribution < 1.29 is 8.42 Å². The van der Waals surface area contributed by atoms with Gasteiger partial charge in [0.15, 0.2) is 0 Å². The second-order valence-electron chi connectivity index (χ2n) is 5.90. The summed E-state index contributed by atoms with van der Waals surface area (Å²) in [7, 11) is -3.66. The van der Waals surface area contributed by atoms with Crippen LogP contribution in [0.1, 0.15) is 31.0 Å². The number of hydrogen-bond acceptors (Lipinski definition) is 5. The van der Waals surface area contributed by atoms with E-state index in [9.17, 15) is 8.42 Å². The minimum absolute atomic E-state index is 0.253. The first-order chi connectivity index (χ1) is 11.8. The topological polar surface area (TPSA) is 59.1 Å². The fourth-order valence-electron chi connectivity index (χ4n) is 2.17. The monoisotopic (exact) mass is 412 g/mol. The summed E-state index contributed by atoms with van der Waals surface area (Å²) in [6, 6.07) is 6.81. The molecule has 0 atom stereocenters. The van der Waals surface area contributed by atoms with Crippen molar-refractivity contribution in [3.63, 3.8) is 0 Å². The lowest BCUT2D eigenvalue weighted by Gasteiger charge is -2.10. The molecule has 3 rings (SSSR count). The Morgan fingerprint density at radius 3 is 2.64 bits per heavy atom. The molecule has 0 unspecified atom stereocenters. The van der Waals surface area contributed by atoms with E-state index in [1.807, 2.05) is 10.8 Å². The zero-order valence-corrected chi connectivity index (χ0v) is 17.1. The summed E-state index contributed by atoms with van der Waals surface area (Å²) in [6.07, 6.45) is 0. The zero-order valence-electron chi connectivity index (χ0n) is 13.9. The Kier molecular flexibility index (Phi) is 5.20. The summed E-state index contributed by atoms with van der Waals surface area (Å²) in [5.41, 5.74) is 3.03. The van der Waals surface area contributed by atoms with Gasteiger partial charge in [-0.1, -0.05) is 31.5 Å². The van der Waals surface area contributed by atoms with Gasteiger partial charge in [-0.15, -0.1) is 22.7 Å². The normalized spacial score (nSPS) is 11.9. The number of thiophene rings is 1. The molecule has 25 heavy (non-hydrogen) atoms. The van der Waals surface area contributed by atoms with Gasteiger partial charge >= 0.3 is 0 Å². The number of hydrogen-bond donors (Lipinski definition) is 1. The molecule has 0 aliphatic carbocycles. The lowest BCUT2D eigenvalue weighted by atomic mass is 10.2. The van der Waals surface area contributed by atoms with Crippen molar-refractivity contribution in [2.24, 2.45) is 0 Å². The number of sulfonamides is 1. The highest BCUT2D eigenvalue weighted by Crippen LogP contribution is 2.33. The van der Waals surface area contributed by atoms with Crippen molar-refractivity contribution in [1.82, 2.24) is 4.98 Å². The first kappa shape index (κ1) is 18.4. The SMILES string of the molecule is Cc1c(Cl)cccc1NS(=O)(=O)c1cc(-c2nc(C(C)C)cs2)cs1. The Hall–Kier alpha value is -1.41. The van der Waals surface area contributed by atoms with Crippen LogP contribution in [0.25, 0.3) is 10.6 Å². The molecule has 0 aliphatic heterocycles. The Morgan fingerprint density at radius 1 is 1.20 bits per heavy atom. The van der Waals surface area contributed by atoms with Crippen LogP contribution in [0, 0.1) is 6.92 Å². The molecule has 0 amide bonds. The molecule has 1 aromatic carbocycles. The van der Waals surface area contributed by atoms with E-state index in [0.29, 0.717) is 22.2 Å². The number of thiazole rings is 1. The molecule has 3 aromatic rings. The van der Waals surface area contributed by atoms with E-state index in [2.05, 4.69) is 23.6 Å². The number of rotatable bonds is 5. The van der Waals surface area contributed by atoms with Gasteiger partial charge in [0.1, 0.15) is 9.22 Å². The highest BCUT2D eigenvalue weighted by Gasteiger charge is 2.20. The van der Waals surface area contributed by atoms with Gasteiger partial charge in [-0.05, 0) is 36.6 Å². The molecule has 0 radical (unpaired) electrons. The largest absolute Gasteiger partial charge is 0.279 e. The molecule has 132 valence electrons. The fraction of sp³-hybridized carbons (Fsp3) is 0.235. The van der Waals surface area contributed by atoms with Gasteiger partial charge in [-0.25, -0.2) is 13.4 Å². The average molecular weight is 413 g/mol. The number of halogens is 1. The second kappa shape index (κ2) is 7.07. The van der Waals surface area contributed by atoms with E-state index >= 15 is 0 Å². The van der Waals surface area contributed by atoms with Crippen molar-refractivity contribution in [1.29, 1.82) is 0 Å². The molecule has 0 spiro atoms. The summed E-state index contributed by atoms with van der Waals surface area (Å²) in [5, 5.41) is 5.19. The molecule has 0 aliphatic rings. The smallest absolute Gasteiger partial charge is 0.271 e. The second-order valence-corrected chi connectivity index (χ2v) is 9.99. The predicted octanol–water partition coefficient (Wildman–Crippen LogP) is 5.76. The number of nitrogens with one attached hydrogen (secondary N) is 1. The van der Waals surface area contributed by atoms with E-state index in [4.69, 9.17) is 11.6 Å². The third-order valence-corrected chi connectivity index (χ3v) is 7.84. The van der Waals surface area contributed by atoms with Crippen LogP contribution in [-0.4, -0.2) is 13.4 Å². The van der Waals surface area contributed by atoms with Crippen LogP contribution < -0.4 is 4.72 Å². The third kappa shape index (κ3) is 3.89. The van der Waals surface area contributed by atoms with Crippen molar-refractivity contribution in [3.8, 4) is 10.6 Å². The first-order valence-corrected chi connectivity index (χ1v) is 11.2. The summed E-state index contributed by atoms with van der Waals surface area (Å²) < 4.78 is 28.2. The van der Waals surface area contributed by atoms with Crippen molar-refractivity contribution in [2.45, 2.75) is 30.9 Å². The maximum Gasteiger partial charge on any atom is 0.271 e. The molecule has 2 heterocycles. The van der Waals surface area contributed by atoms with Crippen LogP contribution in [0.15, 0.2) is 39.2 Å². The van der Waals surface area contributed by atoms with Gasteiger partial charge in [0, 0.05) is 21.3 Å². The van der Waals surface area contributed by atoms with Gasteiger partial charge in [-0.3, -0.25) is 4.72 Å². The molecule has 0 saturated heterocycles. The Labute approximate surface area is 160 Å². The van der Waals surface area contributed by atoms with Crippen LogP contribution in [0.4, 0.5) is 5.69 Å². The number of benzene rings is 1. The van der Waals surface area contributed by atoms with Gasteiger partial charge in [-0.2, -0.15) is 0 Å². The zero-order chi connectivity index (χ0) is 18.2. The Morgan fingerprint density at radius 2 is 1.96 bits per heavy atom. The van der Waals surface area contributed by atoms with E-state index in [0.717, 1.165) is 16.3 Å². The molecule has 0 bridgehead atoms. The first-order valence-electron chi connectivity index (χ1n) is 7.60. The van der Waals surface area contributed by atoms with E-state index in [1.54, 1.807) is 31.2 Å². The highest BCUT2D eigenvalue weighted by atomic mass is 35.5. The third-order valence-electron chi connectivity index (χ3n) is 3.71. The average Bonchev–Trinajstić information content (AvgIpc) is 3.20. The molecular weight excluding hydrogens is 396 g/mol. The van der Waals surface area contributed by atoms with Crippen LogP contribution in [0.2, 0.25) is 5.02 Å². The van der Waals surface area contributed by atoms with Gasteiger partial charge < -0.3 is 0 Å². The van der Waals surface area contributed by atoms with Crippen molar-refractivity contribution >= 4 is 50.0 Å². The quantitative estimate of drug-likeness (QED) is 0.579. The fourth-order valence-corrected chi connectivity index (χ4v) is 5.67. The summed E-state index contributed by atoms with van der Waals surface area (Å²) >= 11 is 8.77. The number of nitrogens with zero attached hydrogens (tertiary/aromatic N) is 1. The standard InChI is InChI=1S/C17H17ClN2O2S3/c1-10(2)15-9-24-17(19-15)12-7-16(23-8-12)25(21,22)20-14-6-4-5-13(18)11(14)3/h4-10,20H,1-3H3. The van der Waals surface area contributed by atoms with Crippen molar-refractivity contribution in [2.75, 3.05) is 4.72 Å². The molecule has 8 heteroatoms. The van der Waals surface area contributed by atoms with Gasteiger partial charge in [0.25, 0.3) is 10.0 Å². The van der Waals surface area contributed by atoms with Gasteiger partial charge in [0.05, 0.1) is 11.4 Å². The van der Waals surface area contributed by atoms with Crippen LogP contribution >= 0.6 is 34.3 Å². The Balaban J connectivity index is 1.88. The maximum absolute atomic E-state index is 12.7. The van der Waals surface area contributed by atoms with E-state index in [-0.39, 0.29) is 4.21 Å². The van der Waals surface area contributed by atoms with Crippen LogP contribution in [0.5, 0.6) is 0 Å². The predicted molar refractivity (Wildman–Crippen MR) is 107 cm³/mol. The Bertz CT molecular complexity index is 1010. The van der Waals surface area contributed by atoms with Crippen molar-refractivity contribution in [3.05, 3.63) is 51.3 Å². The maximum atomic E-state index is 12.7. The molecule has 1 N–H and O–H groups in total. The lowest BCUT2D eigenvalue weighted by Crippen LogP contribution is -2.12. The molecular formula is C17H17ClN2O2S3. The highest BCUT2D eigenvalue weighted by molar-refractivity contribution is 7.94. The van der Waals surface area contributed by atoms with Gasteiger partial charge in [0.2, 0.25) is 0 Å². The lowest BCUT2D eigenvalue weighted by molar-refractivity contribution is 0.603. The molecule has 0 saturated carbocycles. The number of anilines is 1. The summed E-state index contributed by atoms with van der Waals surface area (Å²) in [4.78, 5) is 4.58. The molecule has 2 aromatic heterocycles.